The lowest BCUT2D eigenvalue weighted by Gasteiger charge is -2.13. The fraction of sp³-hybridized carbons (Fsp3) is 0.500. The van der Waals surface area contributed by atoms with Crippen LogP contribution in [0.4, 0.5) is 5.69 Å². The Bertz CT molecular complexity index is 397. The molecule has 0 aliphatic carbocycles. The average Bonchev–Trinajstić information content (AvgIpc) is 2.34. The molecule has 4 nitrogen and oxygen atoms in total. The zero-order chi connectivity index (χ0) is 14.1. The van der Waals surface area contributed by atoms with Crippen molar-refractivity contribution in [2.75, 3.05) is 25.6 Å². The number of hydrogen-bond donors (Lipinski definition) is 2. The molecule has 1 rings (SSSR count). The lowest BCUT2D eigenvalue weighted by Crippen LogP contribution is -2.29. The van der Waals surface area contributed by atoms with E-state index >= 15 is 0 Å². The summed E-state index contributed by atoms with van der Waals surface area (Å²) in [4.78, 5) is 0. The highest BCUT2D eigenvalue weighted by atomic mass is 32.1. The minimum absolute atomic E-state index is 0.161. The van der Waals surface area contributed by atoms with E-state index in [1.54, 1.807) is 7.11 Å². The summed E-state index contributed by atoms with van der Waals surface area (Å²) < 4.78 is 10.6. The van der Waals surface area contributed by atoms with Gasteiger partial charge in [-0.1, -0.05) is 6.07 Å². The van der Waals surface area contributed by atoms with Gasteiger partial charge in [-0.3, -0.25) is 0 Å². The molecule has 1 aromatic rings. The van der Waals surface area contributed by atoms with Crippen LogP contribution < -0.4 is 15.4 Å². The van der Waals surface area contributed by atoms with Gasteiger partial charge in [-0.05, 0) is 44.6 Å². The molecule has 0 amide bonds. The van der Waals surface area contributed by atoms with Crippen molar-refractivity contribution in [3.8, 4) is 5.75 Å². The zero-order valence-corrected chi connectivity index (χ0v) is 12.5. The van der Waals surface area contributed by atoms with Gasteiger partial charge in [0.25, 0.3) is 0 Å². The van der Waals surface area contributed by atoms with Gasteiger partial charge in [0.15, 0.2) is 5.11 Å². The molecule has 19 heavy (non-hydrogen) atoms. The van der Waals surface area contributed by atoms with Crippen LogP contribution in [0.15, 0.2) is 24.3 Å². The maximum absolute atomic E-state index is 5.63. The molecule has 0 bridgehead atoms. The Morgan fingerprint density at radius 1 is 1.37 bits per heavy atom. The van der Waals surface area contributed by atoms with Crippen LogP contribution in [-0.4, -0.2) is 31.5 Å². The third-order valence-electron chi connectivity index (χ3n) is 2.27. The van der Waals surface area contributed by atoms with Crippen molar-refractivity contribution >= 4 is 23.0 Å². The minimum atomic E-state index is 0.161. The summed E-state index contributed by atoms with van der Waals surface area (Å²) in [6.45, 7) is 5.53. The third-order valence-corrected chi connectivity index (χ3v) is 2.52. The third kappa shape index (κ3) is 6.98. The molecule has 0 aliphatic rings. The highest BCUT2D eigenvalue weighted by Gasteiger charge is 2.01. The smallest absolute Gasteiger partial charge is 0.170 e. The van der Waals surface area contributed by atoms with Crippen LogP contribution in [0.3, 0.4) is 0 Å². The molecular formula is C14H22N2O2S. The Balaban J connectivity index is 2.41. The first-order chi connectivity index (χ1) is 9.11. The number of nitrogens with one attached hydrogen (secondary N) is 2. The van der Waals surface area contributed by atoms with Crippen molar-refractivity contribution in [2.45, 2.75) is 26.4 Å². The Hall–Kier alpha value is -1.33. The number of ether oxygens (including phenoxy) is 2. The fourth-order valence-electron chi connectivity index (χ4n) is 1.51. The lowest BCUT2D eigenvalue weighted by molar-refractivity contribution is 0.196. The molecule has 0 saturated carbocycles. The van der Waals surface area contributed by atoms with Crippen molar-refractivity contribution < 1.29 is 9.47 Å². The van der Waals surface area contributed by atoms with Gasteiger partial charge < -0.3 is 20.1 Å². The topological polar surface area (TPSA) is 42.5 Å². The molecule has 106 valence electrons. The first-order valence-corrected chi connectivity index (χ1v) is 6.83. The standard InChI is InChI=1S/C14H22N2O2S/c1-11(2)18-13-7-4-6-12(10-13)16-14(19)15-8-5-9-17-3/h4,6-7,10-11H,5,8-9H2,1-3H3,(H2,15,16,19). The van der Waals surface area contributed by atoms with E-state index in [9.17, 15) is 0 Å². The van der Waals surface area contributed by atoms with Gasteiger partial charge >= 0.3 is 0 Å². The monoisotopic (exact) mass is 282 g/mol. The molecular weight excluding hydrogens is 260 g/mol. The zero-order valence-electron chi connectivity index (χ0n) is 11.7. The van der Waals surface area contributed by atoms with Crippen LogP contribution in [0.2, 0.25) is 0 Å². The van der Waals surface area contributed by atoms with Gasteiger partial charge in [0.2, 0.25) is 0 Å². The SMILES string of the molecule is COCCCNC(=S)Nc1cccc(OC(C)C)c1. The molecule has 0 atom stereocenters. The molecule has 0 radical (unpaired) electrons. The minimum Gasteiger partial charge on any atom is -0.491 e. The first-order valence-electron chi connectivity index (χ1n) is 6.42. The molecule has 0 heterocycles. The van der Waals surface area contributed by atoms with Crippen molar-refractivity contribution in [3.05, 3.63) is 24.3 Å². The van der Waals surface area contributed by atoms with Crippen LogP contribution in [0.1, 0.15) is 20.3 Å². The second-order valence-corrected chi connectivity index (χ2v) is 4.83. The molecule has 2 N–H and O–H groups in total. The van der Waals surface area contributed by atoms with E-state index in [1.165, 1.54) is 0 Å². The molecule has 0 aromatic heterocycles. The summed E-state index contributed by atoms with van der Waals surface area (Å²) in [6, 6.07) is 7.76. The number of benzene rings is 1. The van der Waals surface area contributed by atoms with Gasteiger partial charge in [0.05, 0.1) is 6.10 Å². The van der Waals surface area contributed by atoms with E-state index in [2.05, 4.69) is 10.6 Å². The summed E-state index contributed by atoms with van der Waals surface area (Å²) >= 11 is 5.21. The maximum atomic E-state index is 5.63. The van der Waals surface area contributed by atoms with E-state index < -0.39 is 0 Å². The Labute approximate surface area is 120 Å². The molecule has 0 spiro atoms. The number of hydrogen-bond acceptors (Lipinski definition) is 3. The summed E-state index contributed by atoms with van der Waals surface area (Å²) in [5.74, 6) is 0.835. The van der Waals surface area contributed by atoms with Crippen molar-refractivity contribution in [1.82, 2.24) is 5.32 Å². The summed E-state index contributed by atoms with van der Waals surface area (Å²) in [5, 5.41) is 6.87. The summed E-state index contributed by atoms with van der Waals surface area (Å²) in [5.41, 5.74) is 0.919. The Kier molecular flexibility index (Phi) is 7.22. The Morgan fingerprint density at radius 2 is 2.16 bits per heavy atom. The number of thiocarbonyl (C=S) groups is 1. The quantitative estimate of drug-likeness (QED) is 0.594. The predicted molar refractivity (Wildman–Crippen MR) is 82.9 cm³/mol. The second kappa shape index (κ2) is 8.72. The summed E-state index contributed by atoms with van der Waals surface area (Å²) in [6.07, 6.45) is 1.09. The molecule has 0 unspecified atom stereocenters. The van der Waals surface area contributed by atoms with Gasteiger partial charge in [-0.2, -0.15) is 0 Å². The fourth-order valence-corrected chi connectivity index (χ4v) is 1.73. The van der Waals surface area contributed by atoms with Gasteiger partial charge in [0.1, 0.15) is 5.75 Å². The molecule has 5 heteroatoms. The van der Waals surface area contributed by atoms with Gasteiger partial charge in [-0.15, -0.1) is 0 Å². The molecule has 1 aromatic carbocycles. The highest BCUT2D eigenvalue weighted by Crippen LogP contribution is 2.18. The Morgan fingerprint density at radius 3 is 2.84 bits per heavy atom. The maximum Gasteiger partial charge on any atom is 0.170 e. The van der Waals surface area contributed by atoms with E-state index in [0.29, 0.717) is 5.11 Å². The summed E-state index contributed by atoms with van der Waals surface area (Å²) in [7, 11) is 1.69. The number of methoxy groups -OCH3 is 1. The van der Waals surface area contributed by atoms with Crippen molar-refractivity contribution in [1.29, 1.82) is 0 Å². The largest absolute Gasteiger partial charge is 0.491 e. The molecule has 0 aliphatic heterocycles. The average molecular weight is 282 g/mol. The predicted octanol–water partition coefficient (Wildman–Crippen LogP) is 2.80. The first kappa shape index (κ1) is 15.7. The van der Waals surface area contributed by atoms with E-state index in [0.717, 1.165) is 31.0 Å². The second-order valence-electron chi connectivity index (χ2n) is 4.42. The highest BCUT2D eigenvalue weighted by molar-refractivity contribution is 7.80. The van der Waals surface area contributed by atoms with Crippen LogP contribution in [0.25, 0.3) is 0 Å². The lowest BCUT2D eigenvalue weighted by atomic mass is 10.3. The normalized spacial score (nSPS) is 10.3. The van der Waals surface area contributed by atoms with E-state index in [-0.39, 0.29) is 6.10 Å². The van der Waals surface area contributed by atoms with E-state index in [4.69, 9.17) is 21.7 Å². The van der Waals surface area contributed by atoms with Crippen LogP contribution in [-0.2, 0) is 4.74 Å². The molecule has 0 saturated heterocycles. The van der Waals surface area contributed by atoms with Crippen LogP contribution in [0, 0.1) is 0 Å². The number of anilines is 1. The van der Waals surface area contributed by atoms with Crippen molar-refractivity contribution in [3.63, 3.8) is 0 Å². The van der Waals surface area contributed by atoms with Gasteiger partial charge in [-0.25, -0.2) is 0 Å². The van der Waals surface area contributed by atoms with Crippen LogP contribution in [0.5, 0.6) is 5.75 Å². The van der Waals surface area contributed by atoms with Crippen LogP contribution >= 0.6 is 12.2 Å². The van der Waals surface area contributed by atoms with E-state index in [1.807, 2.05) is 38.1 Å². The number of rotatable bonds is 7. The van der Waals surface area contributed by atoms with Gasteiger partial charge in [0, 0.05) is 32.0 Å². The van der Waals surface area contributed by atoms with Crippen molar-refractivity contribution in [2.24, 2.45) is 0 Å². The molecule has 0 fully saturated rings.